The van der Waals surface area contributed by atoms with Gasteiger partial charge < -0.3 is 15.3 Å². The van der Waals surface area contributed by atoms with E-state index in [1.165, 1.54) is 12.1 Å². The second-order valence-corrected chi connectivity index (χ2v) is 4.49. The van der Waals surface area contributed by atoms with Crippen LogP contribution in [0.25, 0.3) is 22.3 Å². The molecular weight excluding hydrogens is 254 g/mol. The average Bonchev–Trinajstić information content (AvgIpc) is 2.48. The van der Waals surface area contributed by atoms with Crippen LogP contribution in [0.5, 0.6) is 5.75 Å². The first kappa shape index (κ1) is 12.4. The molecule has 0 aliphatic carbocycles. The molecule has 0 unspecified atom stereocenters. The van der Waals surface area contributed by atoms with Gasteiger partial charge in [0.1, 0.15) is 22.5 Å². The maximum absolute atomic E-state index is 12.2. The quantitative estimate of drug-likeness (QED) is 0.748. The monoisotopic (exact) mass is 267 g/mol. The van der Waals surface area contributed by atoms with Gasteiger partial charge in [0.25, 0.3) is 0 Å². The Labute approximate surface area is 115 Å². The van der Waals surface area contributed by atoms with Crippen molar-refractivity contribution in [1.82, 2.24) is 0 Å². The van der Waals surface area contributed by atoms with Gasteiger partial charge in [-0.05, 0) is 6.07 Å². The van der Waals surface area contributed by atoms with Crippen LogP contribution >= 0.6 is 0 Å². The molecule has 0 saturated carbocycles. The zero-order chi connectivity index (χ0) is 14.1. The lowest BCUT2D eigenvalue weighted by atomic mass is 10.1. The number of phenols is 1. The minimum absolute atomic E-state index is 0.0921. The first-order chi connectivity index (χ1) is 9.70. The lowest BCUT2D eigenvalue weighted by molar-refractivity contribution is 0.479. The van der Waals surface area contributed by atoms with Crippen LogP contribution in [0.2, 0.25) is 0 Å². The van der Waals surface area contributed by atoms with Gasteiger partial charge in [-0.1, -0.05) is 36.4 Å². The van der Waals surface area contributed by atoms with Crippen molar-refractivity contribution in [2.24, 2.45) is 5.73 Å². The number of aromatic hydroxyl groups is 1. The second-order valence-electron chi connectivity index (χ2n) is 4.49. The number of nitrogens with two attached hydrogens (primary N) is 1. The molecule has 0 radical (unpaired) electrons. The van der Waals surface area contributed by atoms with E-state index in [9.17, 15) is 9.90 Å². The Morgan fingerprint density at radius 3 is 2.55 bits per heavy atom. The van der Waals surface area contributed by atoms with Gasteiger partial charge in [0.05, 0.1) is 0 Å². The Kier molecular flexibility index (Phi) is 3.00. The number of hydrogen-bond acceptors (Lipinski definition) is 4. The van der Waals surface area contributed by atoms with Gasteiger partial charge in [-0.15, -0.1) is 0 Å². The molecule has 0 atom stereocenters. The minimum Gasteiger partial charge on any atom is -0.507 e. The van der Waals surface area contributed by atoms with E-state index in [1.807, 2.05) is 30.3 Å². The summed E-state index contributed by atoms with van der Waals surface area (Å²) >= 11 is 0. The second kappa shape index (κ2) is 4.83. The maximum atomic E-state index is 12.2. The fourth-order valence-electron chi connectivity index (χ4n) is 2.21. The standard InChI is InChI=1S/C16H13NO3/c17-9-11-6-7-12(18)15-13(19)8-14(20-16(11)15)10-4-2-1-3-5-10/h1-8,18H,9,17H2. The predicted molar refractivity (Wildman–Crippen MR) is 77.5 cm³/mol. The zero-order valence-electron chi connectivity index (χ0n) is 10.7. The van der Waals surface area contributed by atoms with E-state index >= 15 is 0 Å². The summed E-state index contributed by atoms with van der Waals surface area (Å²) in [5, 5.41) is 10.0. The van der Waals surface area contributed by atoms with E-state index in [0.29, 0.717) is 16.9 Å². The van der Waals surface area contributed by atoms with Crippen molar-refractivity contribution in [3.8, 4) is 17.1 Å². The molecule has 3 aromatic rings. The molecule has 0 aliphatic rings. The summed E-state index contributed by atoms with van der Waals surface area (Å²) in [7, 11) is 0. The lowest BCUT2D eigenvalue weighted by Gasteiger charge is -2.07. The molecule has 1 aromatic heterocycles. The number of fused-ring (bicyclic) bond motifs is 1. The summed E-state index contributed by atoms with van der Waals surface area (Å²) < 4.78 is 5.79. The third-order valence-corrected chi connectivity index (χ3v) is 3.22. The Balaban J connectivity index is 2.37. The third kappa shape index (κ3) is 1.96. The molecule has 0 bridgehead atoms. The summed E-state index contributed by atoms with van der Waals surface area (Å²) in [6.07, 6.45) is 0. The molecule has 1 heterocycles. The third-order valence-electron chi connectivity index (χ3n) is 3.22. The van der Waals surface area contributed by atoms with E-state index in [2.05, 4.69) is 0 Å². The Bertz CT molecular complexity index is 822. The number of phenolic OH excluding ortho intramolecular Hbond substituents is 1. The molecule has 4 heteroatoms. The van der Waals surface area contributed by atoms with E-state index in [4.69, 9.17) is 10.2 Å². The predicted octanol–water partition coefficient (Wildman–Crippen LogP) is 2.62. The molecule has 2 aromatic carbocycles. The highest BCUT2D eigenvalue weighted by atomic mass is 16.3. The molecule has 0 saturated heterocycles. The van der Waals surface area contributed by atoms with E-state index in [-0.39, 0.29) is 23.1 Å². The first-order valence-corrected chi connectivity index (χ1v) is 6.25. The molecule has 20 heavy (non-hydrogen) atoms. The largest absolute Gasteiger partial charge is 0.507 e. The molecule has 3 rings (SSSR count). The highest BCUT2D eigenvalue weighted by molar-refractivity contribution is 5.87. The molecular formula is C16H13NO3. The maximum Gasteiger partial charge on any atom is 0.197 e. The van der Waals surface area contributed by atoms with Crippen LogP contribution in [-0.4, -0.2) is 5.11 Å². The van der Waals surface area contributed by atoms with Gasteiger partial charge in [-0.2, -0.15) is 0 Å². The molecule has 3 N–H and O–H groups in total. The van der Waals surface area contributed by atoms with Crippen molar-refractivity contribution in [2.45, 2.75) is 6.54 Å². The Morgan fingerprint density at radius 1 is 1.10 bits per heavy atom. The van der Waals surface area contributed by atoms with Crippen molar-refractivity contribution in [2.75, 3.05) is 0 Å². The highest BCUT2D eigenvalue weighted by Crippen LogP contribution is 2.28. The lowest BCUT2D eigenvalue weighted by Crippen LogP contribution is -2.04. The van der Waals surface area contributed by atoms with Crippen LogP contribution in [-0.2, 0) is 6.54 Å². The average molecular weight is 267 g/mol. The van der Waals surface area contributed by atoms with Crippen molar-refractivity contribution < 1.29 is 9.52 Å². The van der Waals surface area contributed by atoms with E-state index < -0.39 is 0 Å². The summed E-state index contributed by atoms with van der Waals surface area (Å²) in [5.41, 5.74) is 7.22. The number of rotatable bonds is 2. The smallest absolute Gasteiger partial charge is 0.197 e. The molecule has 100 valence electrons. The van der Waals surface area contributed by atoms with Crippen molar-refractivity contribution in [1.29, 1.82) is 0 Å². The van der Waals surface area contributed by atoms with Gasteiger partial charge in [-0.3, -0.25) is 4.79 Å². The summed E-state index contributed by atoms with van der Waals surface area (Å²) in [6, 6.07) is 13.8. The first-order valence-electron chi connectivity index (χ1n) is 6.25. The van der Waals surface area contributed by atoms with Gasteiger partial charge in [0.15, 0.2) is 5.43 Å². The molecule has 0 spiro atoms. The summed E-state index contributed by atoms with van der Waals surface area (Å²) in [6.45, 7) is 0.234. The molecule has 0 fully saturated rings. The van der Waals surface area contributed by atoms with Crippen molar-refractivity contribution in [3.05, 3.63) is 64.3 Å². The van der Waals surface area contributed by atoms with Crippen LogP contribution in [0, 0.1) is 0 Å². The number of benzene rings is 2. The van der Waals surface area contributed by atoms with Crippen molar-refractivity contribution in [3.63, 3.8) is 0 Å². The van der Waals surface area contributed by atoms with Crippen LogP contribution in [0.4, 0.5) is 0 Å². The molecule has 4 nitrogen and oxygen atoms in total. The van der Waals surface area contributed by atoms with Gasteiger partial charge in [-0.25, -0.2) is 0 Å². The van der Waals surface area contributed by atoms with Gasteiger partial charge >= 0.3 is 0 Å². The minimum atomic E-state index is -0.280. The van der Waals surface area contributed by atoms with Crippen LogP contribution < -0.4 is 11.2 Å². The highest BCUT2D eigenvalue weighted by Gasteiger charge is 2.13. The zero-order valence-corrected chi connectivity index (χ0v) is 10.7. The topological polar surface area (TPSA) is 76.5 Å². The summed E-state index contributed by atoms with van der Waals surface area (Å²) in [5.74, 6) is 0.369. The Hall–Kier alpha value is -2.59. The van der Waals surface area contributed by atoms with E-state index in [0.717, 1.165) is 5.56 Å². The number of hydrogen-bond donors (Lipinski definition) is 2. The van der Waals surface area contributed by atoms with E-state index in [1.54, 1.807) is 6.07 Å². The van der Waals surface area contributed by atoms with Crippen LogP contribution in [0.15, 0.2) is 57.7 Å². The SMILES string of the molecule is NCc1ccc(O)c2c(=O)cc(-c3ccccc3)oc12. The molecule has 0 amide bonds. The Morgan fingerprint density at radius 2 is 1.85 bits per heavy atom. The fraction of sp³-hybridized carbons (Fsp3) is 0.0625. The molecule has 0 aliphatic heterocycles. The van der Waals surface area contributed by atoms with Gasteiger partial charge in [0.2, 0.25) is 0 Å². The van der Waals surface area contributed by atoms with Crippen LogP contribution in [0.3, 0.4) is 0 Å². The fourth-order valence-corrected chi connectivity index (χ4v) is 2.21. The van der Waals surface area contributed by atoms with Gasteiger partial charge in [0, 0.05) is 23.7 Å². The van der Waals surface area contributed by atoms with Crippen LogP contribution in [0.1, 0.15) is 5.56 Å². The summed E-state index contributed by atoms with van der Waals surface area (Å²) in [4.78, 5) is 12.2. The van der Waals surface area contributed by atoms with Crippen molar-refractivity contribution >= 4 is 11.0 Å². The normalized spacial score (nSPS) is 10.8.